The molecule has 0 aliphatic carbocycles. The summed E-state index contributed by atoms with van der Waals surface area (Å²) in [4.78, 5) is 0. The van der Waals surface area contributed by atoms with Gasteiger partial charge in [-0.3, -0.25) is 5.10 Å². The molecule has 0 aliphatic heterocycles. The molecule has 2 heterocycles. The molecule has 0 saturated heterocycles. The maximum absolute atomic E-state index is 3.74. The molecular formula is C4H4N6. The Labute approximate surface area is 55.9 Å². The van der Waals surface area contributed by atoms with E-state index in [-0.39, 0.29) is 0 Å². The van der Waals surface area contributed by atoms with E-state index in [2.05, 4.69) is 25.7 Å². The van der Waals surface area contributed by atoms with Crippen LogP contribution in [0, 0.1) is 0 Å². The Morgan fingerprint density at radius 2 is 2.50 bits per heavy atom. The van der Waals surface area contributed by atoms with Gasteiger partial charge in [-0.1, -0.05) is 0 Å². The topological polar surface area (TPSA) is 72.3 Å². The lowest BCUT2D eigenvalue weighted by atomic mass is 10.6. The molecule has 0 amide bonds. The molecule has 6 heteroatoms. The van der Waals surface area contributed by atoms with Gasteiger partial charge < -0.3 is 0 Å². The first-order chi connectivity index (χ1) is 4.97. The predicted octanol–water partition coefficient (Wildman–Crippen LogP) is -0.615. The number of hydrogen-bond donors (Lipinski definition) is 1. The number of rotatable bonds is 1. The van der Waals surface area contributed by atoms with E-state index in [1.54, 1.807) is 12.4 Å². The van der Waals surface area contributed by atoms with Crippen molar-refractivity contribution in [2.45, 2.75) is 0 Å². The van der Waals surface area contributed by atoms with E-state index in [0.717, 1.165) is 5.69 Å². The zero-order valence-corrected chi connectivity index (χ0v) is 4.97. The quantitative estimate of drug-likeness (QED) is 0.567. The first-order valence-corrected chi connectivity index (χ1v) is 2.69. The monoisotopic (exact) mass is 136 g/mol. The van der Waals surface area contributed by atoms with Gasteiger partial charge in [-0.15, -0.1) is 5.10 Å². The maximum Gasteiger partial charge on any atom is 0.144 e. The van der Waals surface area contributed by atoms with Crippen LogP contribution >= 0.6 is 0 Å². The second-order valence-corrected chi connectivity index (χ2v) is 1.71. The molecule has 2 rings (SSSR count). The minimum atomic E-state index is 0.824. The summed E-state index contributed by atoms with van der Waals surface area (Å²) in [5, 5.41) is 17.0. The zero-order chi connectivity index (χ0) is 6.81. The third-order valence-electron chi connectivity index (χ3n) is 1.10. The Morgan fingerprint density at radius 3 is 3.10 bits per heavy atom. The second-order valence-electron chi connectivity index (χ2n) is 1.71. The molecule has 0 bridgehead atoms. The van der Waals surface area contributed by atoms with Gasteiger partial charge in [0.15, 0.2) is 0 Å². The molecule has 0 atom stereocenters. The number of aromatic nitrogens is 6. The Kier molecular flexibility index (Phi) is 0.970. The molecule has 2 aromatic rings. The third kappa shape index (κ3) is 0.661. The molecule has 0 radical (unpaired) electrons. The van der Waals surface area contributed by atoms with E-state index >= 15 is 0 Å². The molecule has 0 saturated carbocycles. The van der Waals surface area contributed by atoms with Crippen LogP contribution in [0.5, 0.6) is 0 Å². The number of H-pyrrole nitrogens is 1. The minimum Gasteiger partial charge on any atom is -0.283 e. The van der Waals surface area contributed by atoms with Crippen molar-refractivity contribution < 1.29 is 0 Å². The molecule has 6 nitrogen and oxygen atoms in total. The fraction of sp³-hybridized carbons (Fsp3) is 0. The predicted molar refractivity (Wildman–Crippen MR) is 31.3 cm³/mol. The highest BCUT2D eigenvalue weighted by molar-refractivity contribution is 5.20. The van der Waals surface area contributed by atoms with Crippen molar-refractivity contribution >= 4 is 0 Å². The van der Waals surface area contributed by atoms with Crippen LogP contribution in [0.4, 0.5) is 0 Å². The van der Waals surface area contributed by atoms with Crippen molar-refractivity contribution in [1.82, 2.24) is 30.4 Å². The van der Waals surface area contributed by atoms with Crippen LogP contribution in [0.25, 0.3) is 5.69 Å². The van der Waals surface area contributed by atoms with Crippen molar-refractivity contribution in [3.8, 4) is 5.69 Å². The van der Waals surface area contributed by atoms with E-state index in [0.29, 0.717) is 0 Å². The van der Waals surface area contributed by atoms with Crippen molar-refractivity contribution in [1.29, 1.82) is 0 Å². The molecule has 0 spiro atoms. The fourth-order valence-corrected chi connectivity index (χ4v) is 0.649. The van der Waals surface area contributed by atoms with Crippen molar-refractivity contribution in [2.75, 3.05) is 0 Å². The number of hydrogen-bond acceptors (Lipinski definition) is 4. The molecule has 10 heavy (non-hydrogen) atoms. The van der Waals surface area contributed by atoms with E-state index in [9.17, 15) is 0 Å². The Morgan fingerprint density at radius 1 is 1.50 bits per heavy atom. The normalized spacial score (nSPS) is 10.0. The van der Waals surface area contributed by atoms with Crippen LogP contribution in [0.1, 0.15) is 0 Å². The lowest BCUT2D eigenvalue weighted by Crippen LogP contribution is -1.91. The summed E-state index contributed by atoms with van der Waals surface area (Å²) in [7, 11) is 0. The molecule has 0 aliphatic rings. The number of nitrogens with one attached hydrogen (secondary N) is 1. The largest absolute Gasteiger partial charge is 0.283 e. The third-order valence-corrected chi connectivity index (χ3v) is 1.10. The lowest BCUT2D eigenvalue weighted by molar-refractivity contribution is 0.789. The Balaban J connectivity index is 2.48. The molecule has 0 unspecified atom stereocenters. The van der Waals surface area contributed by atoms with Crippen LogP contribution in [0.2, 0.25) is 0 Å². The van der Waals surface area contributed by atoms with Gasteiger partial charge in [-0.05, 0) is 10.4 Å². The first-order valence-electron chi connectivity index (χ1n) is 2.69. The molecule has 0 aromatic carbocycles. The number of nitrogens with zero attached hydrogens (tertiary/aromatic N) is 5. The summed E-state index contributed by atoms with van der Waals surface area (Å²) in [5.41, 5.74) is 0.824. The van der Waals surface area contributed by atoms with Crippen LogP contribution in [0.3, 0.4) is 0 Å². The Bertz CT molecular complexity index is 249. The smallest absolute Gasteiger partial charge is 0.144 e. The molecule has 50 valence electrons. The van der Waals surface area contributed by atoms with Crippen molar-refractivity contribution in [3.05, 3.63) is 18.7 Å². The molecular weight excluding hydrogens is 132 g/mol. The maximum atomic E-state index is 3.74. The van der Waals surface area contributed by atoms with Crippen LogP contribution < -0.4 is 0 Å². The average Bonchev–Trinajstić information content (AvgIpc) is 2.59. The summed E-state index contributed by atoms with van der Waals surface area (Å²) in [6.07, 6.45) is 4.84. The number of tetrazole rings is 1. The van der Waals surface area contributed by atoms with Crippen molar-refractivity contribution in [3.63, 3.8) is 0 Å². The van der Waals surface area contributed by atoms with E-state index in [1.165, 1.54) is 11.0 Å². The van der Waals surface area contributed by atoms with E-state index < -0.39 is 0 Å². The van der Waals surface area contributed by atoms with Crippen LogP contribution in [-0.4, -0.2) is 30.4 Å². The highest BCUT2D eigenvalue weighted by Crippen LogP contribution is 1.97. The van der Waals surface area contributed by atoms with Gasteiger partial charge in [0.2, 0.25) is 0 Å². The lowest BCUT2D eigenvalue weighted by Gasteiger charge is -1.86. The first kappa shape index (κ1) is 5.10. The van der Waals surface area contributed by atoms with Crippen molar-refractivity contribution in [2.24, 2.45) is 0 Å². The second kappa shape index (κ2) is 1.90. The summed E-state index contributed by atoms with van der Waals surface area (Å²) in [6, 6.07) is 0. The Hall–Kier alpha value is -1.72. The van der Waals surface area contributed by atoms with Gasteiger partial charge in [0.1, 0.15) is 12.0 Å². The summed E-state index contributed by atoms with van der Waals surface area (Å²) >= 11 is 0. The highest BCUT2D eigenvalue weighted by atomic mass is 15.5. The summed E-state index contributed by atoms with van der Waals surface area (Å²) in [5.74, 6) is 0. The summed E-state index contributed by atoms with van der Waals surface area (Å²) < 4.78 is 1.52. The average molecular weight is 136 g/mol. The van der Waals surface area contributed by atoms with Crippen LogP contribution in [0.15, 0.2) is 18.7 Å². The zero-order valence-electron chi connectivity index (χ0n) is 4.97. The molecule has 1 N–H and O–H groups in total. The summed E-state index contributed by atoms with van der Waals surface area (Å²) in [6.45, 7) is 0. The standard InChI is InChI=1S/C4H4N6/c1-4(2-6-5-1)10-3-7-8-9-10/h1-3H,(H,5,6). The van der Waals surface area contributed by atoms with Crippen LogP contribution in [-0.2, 0) is 0 Å². The van der Waals surface area contributed by atoms with Gasteiger partial charge in [0.05, 0.1) is 6.20 Å². The van der Waals surface area contributed by atoms with Gasteiger partial charge in [0, 0.05) is 6.20 Å². The SMILES string of the molecule is c1n[nH]cc1-n1cnnn1. The number of aromatic amines is 1. The van der Waals surface area contributed by atoms with E-state index in [4.69, 9.17) is 0 Å². The fourth-order valence-electron chi connectivity index (χ4n) is 0.649. The van der Waals surface area contributed by atoms with E-state index in [1.807, 2.05) is 0 Å². The van der Waals surface area contributed by atoms with Gasteiger partial charge >= 0.3 is 0 Å². The van der Waals surface area contributed by atoms with Gasteiger partial charge in [-0.25, -0.2) is 0 Å². The van der Waals surface area contributed by atoms with Gasteiger partial charge in [0.25, 0.3) is 0 Å². The molecule has 0 fully saturated rings. The molecule has 2 aromatic heterocycles. The highest BCUT2D eigenvalue weighted by Gasteiger charge is 1.95. The van der Waals surface area contributed by atoms with Gasteiger partial charge in [-0.2, -0.15) is 9.78 Å². The minimum absolute atomic E-state index is 0.824.